The molecule has 31 heavy (non-hydrogen) atoms. The quantitative estimate of drug-likeness (QED) is 0.262. The minimum Gasteiger partial charge on any atom is -0.451 e. The number of carbonyl (C=O) groups is 1. The van der Waals surface area contributed by atoms with Crippen LogP contribution in [0.3, 0.4) is 0 Å². The maximum absolute atomic E-state index is 12.8. The van der Waals surface area contributed by atoms with Gasteiger partial charge in [-0.05, 0) is 36.1 Å². The predicted molar refractivity (Wildman–Crippen MR) is 126 cm³/mol. The van der Waals surface area contributed by atoms with Crippen LogP contribution in [0.4, 0.5) is 0 Å². The average molecular weight is 472 g/mol. The number of hydrogen-bond donors (Lipinski definition) is 1. The normalized spacial score (nSPS) is 11.6. The first kappa shape index (κ1) is 21.7. The van der Waals surface area contributed by atoms with Crippen LogP contribution in [0.1, 0.15) is 22.5 Å². The Labute approximate surface area is 189 Å². The first-order chi connectivity index (χ1) is 15.0. The summed E-state index contributed by atoms with van der Waals surface area (Å²) in [6, 6.07) is 20.0. The maximum atomic E-state index is 12.8. The SMILES string of the molecule is O=C(NCCCS(=O)(=O)c1ccccc1)c1oc2ccccc2c1CSc1cccs1. The van der Waals surface area contributed by atoms with Crippen LogP contribution in [-0.4, -0.2) is 26.6 Å². The maximum Gasteiger partial charge on any atom is 0.287 e. The molecule has 0 spiro atoms. The zero-order chi connectivity index (χ0) is 21.7. The van der Waals surface area contributed by atoms with Crippen molar-refractivity contribution >= 4 is 49.8 Å². The fourth-order valence-corrected chi connectivity index (χ4v) is 6.35. The molecular weight excluding hydrogens is 450 g/mol. The molecule has 1 amide bonds. The van der Waals surface area contributed by atoms with Crippen LogP contribution in [0.5, 0.6) is 0 Å². The number of nitrogens with one attached hydrogen (secondary N) is 1. The van der Waals surface area contributed by atoms with Crippen molar-refractivity contribution in [2.24, 2.45) is 0 Å². The molecule has 0 atom stereocenters. The van der Waals surface area contributed by atoms with Crippen LogP contribution in [-0.2, 0) is 15.6 Å². The summed E-state index contributed by atoms with van der Waals surface area (Å²) < 4.78 is 31.8. The van der Waals surface area contributed by atoms with E-state index in [1.807, 2.05) is 41.8 Å². The smallest absolute Gasteiger partial charge is 0.287 e. The van der Waals surface area contributed by atoms with Crippen molar-refractivity contribution in [1.82, 2.24) is 5.32 Å². The van der Waals surface area contributed by atoms with E-state index >= 15 is 0 Å². The Morgan fingerprint density at radius 2 is 1.77 bits per heavy atom. The van der Waals surface area contributed by atoms with E-state index in [1.165, 1.54) is 4.21 Å². The monoisotopic (exact) mass is 471 g/mol. The van der Waals surface area contributed by atoms with Gasteiger partial charge in [0.25, 0.3) is 5.91 Å². The Morgan fingerprint density at radius 3 is 2.55 bits per heavy atom. The molecule has 160 valence electrons. The van der Waals surface area contributed by atoms with Crippen molar-refractivity contribution in [3.63, 3.8) is 0 Å². The number of thioether (sulfide) groups is 1. The first-order valence-corrected chi connectivity index (χ1v) is 13.3. The number of para-hydroxylation sites is 1. The summed E-state index contributed by atoms with van der Waals surface area (Å²) in [5.41, 5.74) is 1.52. The third-order valence-corrected chi connectivity index (χ3v) is 8.71. The number of fused-ring (bicyclic) bond motifs is 1. The highest BCUT2D eigenvalue weighted by Gasteiger charge is 2.21. The number of sulfone groups is 1. The average Bonchev–Trinajstić information content (AvgIpc) is 3.43. The molecule has 4 aromatic rings. The number of furan rings is 1. The van der Waals surface area contributed by atoms with Crippen LogP contribution >= 0.6 is 23.1 Å². The van der Waals surface area contributed by atoms with Crippen molar-refractivity contribution in [2.75, 3.05) is 12.3 Å². The van der Waals surface area contributed by atoms with E-state index in [-0.39, 0.29) is 24.0 Å². The fraction of sp³-hybridized carbons (Fsp3) is 0.174. The van der Waals surface area contributed by atoms with Gasteiger partial charge in [0, 0.05) is 23.2 Å². The molecule has 0 saturated carbocycles. The molecule has 1 N–H and O–H groups in total. The van der Waals surface area contributed by atoms with E-state index in [0.29, 0.717) is 22.7 Å². The molecule has 0 saturated heterocycles. The molecule has 0 unspecified atom stereocenters. The highest BCUT2D eigenvalue weighted by atomic mass is 32.2. The van der Waals surface area contributed by atoms with Gasteiger partial charge in [0.15, 0.2) is 15.6 Å². The van der Waals surface area contributed by atoms with E-state index in [9.17, 15) is 13.2 Å². The molecule has 4 rings (SSSR count). The van der Waals surface area contributed by atoms with E-state index < -0.39 is 9.84 Å². The number of benzene rings is 2. The first-order valence-electron chi connectivity index (χ1n) is 9.77. The summed E-state index contributed by atoms with van der Waals surface area (Å²) in [7, 11) is -3.36. The highest BCUT2D eigenvalue weighted by Crippen LogP contribution is 2.33. The van der Waals surface area contributed by atoms with Gasteiger partial charge in [-0.25, -0.2) is 8.42 Å². The third-order valence-electron chi connectivity index (χ3n) is 4.74. The van der Waals surface area contributed by atoms with Gasteiger partial charge < -0.3 is 9.73 Å². The van der Waals surface area contributed by atoms with Crippen LogP contribution < -0.4 is 5.32 Å². The predicted octanol–water partition coefficient (Wildman–Crippen LogP) is 5.38. The molecular formula is C23H21NO4S3. The van der Waals surface area contributed by atoms with Gasteiger partial charge in [-0.15, -0.1) is 23.1 Å². The number of carbonyl (C=O) groups excluding carboxylic acids is 1. The molecule has 0 aliphatic carbocycles. The third kappa shape index (κ3) is 5.20. The molecule has 0 fully saturated rings. The molecule has 5 nitrogen and oxygen atoms in total. The molecule has 0 bridgehead atoms. The highest BCUT2D eigenvalue weighted by molar-refractivity contribution is 8.00. The Kier molecular flexibility index (Phi) is 6.80. The summed E-state index contributed by atoms with van der Waals surface area (Å²) in [5, 5.41) is 5.75. The second-order valence-corrected chi connectivity index (χ2v) is 11.2. The van der Waals surface area contributed by atoms with E-state index in [2.05, 4.69) is 5.32 Å². The van der Waals surface area contributed by atoms with Crippen molar-refractivity contribution in [1.29, 1.82) is 0 Å². The van der Waals surface area contributed by atoms with Crippen molar-refractivity contribution in [3.8, 4) is 0 Å². The Morgan fingerprint density at radius 1 is 1.00 bits per heavy atom. The molecule has 8 heteroatoms. The lowest BCUT2D eigenvalue weighted by Gasteiger charge is -2.07. The lowest BCUT2D eigenvalue weighted by molar-refractivity contribution is 0.0927. The summed E-state index contributed by atoms with van der Waals surface area (Å²) >= 11 is 3.32. The van der Waals surface area contributed by atoms with Crippen LogP contribution in [0.2, 0.25) is 0 Å². The lowest BCUT2D eigenvalue weighted by atomic mass is 10.1. The van der Waals surface area contributed by atoms with Crippen molar-refractivity contribution < 1.29 is 17.6 Å². The number of amides is 1. The second-order valence-electron chi connectivity index (χ2n) is 6.87. The van der Waals surface area contributed by atoms with Crippen molar-refractivity contribution in [3.05, 3.63) is 83.4 Å². The van der Waals surface area contributed by atoms with Gasteiger partial charge in [-0.2, -0.15) is 0 Å². The van der Waals surface area contributed by atoms with Crippen molar-refractivity contribution in [2.45, 2.75) is 21.3 Å². The van der Waals surface area contributed by atoms with E-state index in [1.54, 1.807) is 53.4 Å². The minimum absolute atomic E-state index is 0.0293. The topological polar surface area (TPSA) is 76.4 Å². The summed E-state index contributed by atoms with van der Waals surface area (Å²) in [5.74, 6) is 0.549. The van der Waals surface area contributed by atoms with E-state index in [0.717, 1.165) is 10.9 Å². The summed E-state index contributed by atoms with van der Waals surface area (Å²) in [4.78, 5) is 13.1. The molecule has 2 heterocycles. The van der Waals surface area contributed by atoms with Crippen LogP contribution in [0.25, 0.3) is 11.0 Å². The molecule has 0 aliphatic rings. The standard InChI is InChI=1S/C23H21NO4S3/c25-23(24-13-7-15-31(26,27)17-8-2-1-3-9-17)22-19(16-30-21-12-6-14-29-21)18-10-4-5-11-20(18)28-22/h1-6,8-12,14H,7,13,15-16H2,(H,24,25). The van der Waals surface area contributed by atoms with Gasteiger partial charge in [0.1, 0.15) is 5.58 Å². The number of rotatable bonds is 9. The minimum atomic E-state index is -3.36. The van der Waals surface area contributed by atoms with E-state index in [4.69, 9.17) is 4.42 Å². The van der Waals surface area contributed by atoms with Gasteiger partial charge in [-0.3, -0.25) is 4.79 Å². The Bertz CT molecular complexity index is 1260. The Hall–Kier alpha value is -2.55. The van der Waals surface area contributed by atoms with Gasteiger partial charge in [-0.1, -0.05) is 42.5 Å². The van der Waals surface area contributed by atoms with Crippen LogP contribution in [0.15, 0.2) is 85.6 Å². The van der Waals surface area contributed by atoms with Crippen LogP contribution in [0, 0.1) is 0 Å². The molecule has 0 radical (unpaired) electrons. The number of thiophene rings is 1. The molecule has 2 aromatic carbocycles. The van der Waals surface area contributed by atoms with Gasteiger partial charge in [0.2, 0.25) is 0 Å². The number of hydrogen-bond acceptors (Lipinski definition) is 6. The lowest BCUT2D eigenvalue weighted by Crippen LogP contribution is -2.26. The zero-order valence-electron chi connectivity index (χ0n) is 16.6. The second kappa shape index (κ2) is 9.72. The molecule has 0 aliphatic heterocycles. The summed E-state index contributed by atoms with van der Waals surface area (Å²) in [6.07, 6.45) is 0.322. The summed E-state index contributed by atoms with van der Waals surface area (Å²) in [6.45, 7) is 0.249. The molecule has 2 aromatic heterocycles. The largest absolute Gasteiger partial charge is 0.451 e. The van der Waals surface area contributed by atoms with Gasteiger partial charge in [0.05, 0.1) is 14.9 Å². The van der Waals surface area contributed by atoms with Gasteiger partial charge >= 0.3 is 0 Å². The Balaban J connectivity index is 1.42. The zero-order valence-corrected chi connectivity index (χ0v) is 19.1. The fourth-order valence-electron chi connectivity index (χ4n) is 3.20.